The van der Waals surface area contributed by atoms with E-state index in [2.05, 4.69) is 4.74 Å². The van der Waals surface area contributed by atoms with E-state index >= 15 is 0 Å². The summed E-state index contributed by atoms with van der Waals surface area (Å²) in [6.45, 7) is -0.166. The molecule has 0 saturated carbocycles. The zero-order valence-corrected chi connectivity index (χ0v) is 8.20. The van der Waals surface area contributed by atoms with Crippen molar-refractivity contribution >= 4 is 28.5 Å². The highest BCUT2D eigenvalue weighted by atomic mass is 127. The van der Waals surface area contributed by atoms with Gasteiger partial charge in [0.1, 0.15) is 0 Å². The van der Waals surface area contributed by atoms with Crippen molar-refractivity contribution in [2.45, 2.75) is 3.79 Å². The molecule has 0 aliphatic carbocycles. The molecule has 0 rings (SSSR count). The fourth-order valence-corrected chi connectivity index (χ4v) is 0.628. The molecular formula is C5H10INO4. The molecule has 5 nitrogen and oxygen atoms in total. The summed E-state index contributed by atoms with van der Waals surface area (Å²) in [4.78, 5) is 10.6. The summed E-state index contributed by atoms with van der Waals surface area (Å²) in [6.07, 6.45) is 0. The van der Waals surface area contributed by atoms with Crippen LogP contribution in [0.3, 0.4) is 0 Å². The quantitative estimate of drug-likeness (QED) is 0.391. The normalized spacial score (nSPS) is 15.9. The highest BCUT2D eigenvalue weighted by Gasteiger charge is 2.34. The van der Waals surface area contributed by atoms with Gasteiger partial charge in [-0.25, -0.2) is 0 Å². The Balaban J connectivity index is 3.99. The maximum atomic E-state index is 10.6. The number of hydrogen-bond donors (Lipinski definition) is 2. The average Bonchev–Trinajstić information content (AvgIpc) is 2.00. The van der Waals surface area contributed by atoms with Crippen LogP contribution in [0.4, 0.5) is 0 Å². The molecule has 1 atom stereocenters. The van der Waals surface area contributed by atoms with Crippen molar-refractivity contribution in [3.63, 3.8) is 0 Å². The molecule has 1 unspecified atom stereocenters. The van der Waals surface area contributed by atoms with E-state index in [1.165, 1.54) is 7.11 Å². The van der Waals surface area contributed by atoms with Gasteiger partial charge in [-0.05, 0) is 22.6 Å². The summed E-state index contributed by atoms with van der Waals surface area (Å²) >= 11 is 1.62. The molecule has 0 aromatic carbocycles. The number of aliphatic hydroxyl groups is 1. The van der Waals surface area contributed by atoms with E-state index in [-0.39, 0.29) is 13.2 Å². The van der Waals surface area contributed by atoms with Gasteiger partial charge in [0.25, 0.3) is 5.91 Å². The number of amides is 1. The van der Waals surface area contributed by atoms with E-state index in [1.807, 2.05) is 0 Å². The number of carbonyl (C=O) groups is 1. The minimum Gasteiger partial charge on any atom is -0.394 e. The van der Waals surface area contributed by atoms with Gasteiger partial charge in [0, 0.05) is 7.11 Å². The highest BCUT2D eigenvalue weighted by Crippen LogP contribution is 2.20. The molecule has 6 heteroatoms. The second-order valence-electron chi connectivity index (χ2n) is 1.68. The Hall–Kier alpha value is 0.0800. The molecule has 0 aliphatic heterocycles. The summed E-state index contributed by atoms with van der Waals surface area (Å²) < 4.78 is 8.05. The maximum absolute atomic E-state index is 10.6. The van der Waals surface area contributed by atoms with Gasteiger partial charge in [-0.3, -0.25) is 4.79 Å². The van der Waals surface area contributed by atoms with E-state index in [9.17, 15) is 4.79 Å². The van der Waals surface area contributed by atoms with Crippen molar-refractivity contribution in [2.75, 3.05) is 20.3 Å². The lowest BCUT2D eigenvalue weighted by molar-refractivity contribution is -0.170. The zero-order valence-electron chi connectivity index (χ0n) is 6.04. The number of methoxy groups -OCH3 is 1. The Morgan fingerprint density at radius 3 is 2.64 bits per heavy atom. The predicted octanol–water partition coefficient (Wildman–Crippen LogP) is -0.784. The van der Waals surface area contributed by atoms with Gasteiger partial charge in [0.15, 0.2) is 0 Å². The molecule has 0 aromatic rings. The molecule has 0 spiro atoms. The summed E-state index contributed by atoms with van der Waals surface area (Å²) in [6, 6.07) is 0. The number of rotatable bonds is 5. The average molecular weight is 275 g/mol. The Kier molecular flexibility index (Phi) is 4.89. The number of nitrogens with two attached hydrogens (primary N) is 1. The smallest absolute Gasteiger partial charge is 0.302 e. The summed E-state index contributed by atoms with van der Waals surface area (Å²) in [5, 5.41) is 8.37. The van der Waals surface area contributed by atoms with Gasteiger partial charge in [0.2, 0.25) is 0 Å². The topological polar surface area (TPSA) is 81.8 Å². The Morgan fingerprint density at radius 1 is 1.82 bits per heavy atom. The van der Waals surface area contributed by atoms with Gasteiger partial charge >= 0.3 is 3.79 Å². The lowest BCUT2D eigenvalue weighted by Gasteiger charge is -2.21. The molecule has 0 bridgehead atoms. The van der Waals surface area contributed by atoms with E-state index in [4.69, 9.17) is 15.6 Å². The van der Waals surface area contributed by atoms with Crippen molar-refractivity contribution < 1.29 is 19.4 Å². The minimum absolute atomic E-state index is 0.0136. The molecule has 11 heavy (non-hydrogen) atoms. The Bertz CT molecular complexity index is 142. The van der Waals surface area contributed by atoms with E-state index in [0.717, 1.165) is 0 Å². The Morgan fingerprint density at radius 2 is 2.36 bits per heavy atom. The number of hydrogen-bond acceptors (Lipinski definition) is 4. The number of primary amides is 1. The fraction of sp³-hybridized carbons (Fsp3) is 0.800. The third kappa shape index (κ3) is 3.32. The van der Waals surface area contributed by atoms with Crippen molar-refractivity contribution in [3.8, 4) is 0 Å². The first-order chi connectivity index (χ1) is 5.06. The lowest BCUT2D eigenvalue weighted by Crippen LogP contribution is -2.42. The molecule has 1 amide bonds. The molecule has 0 aromatic heterocycles. The van der Waals surface area contributed by atoms with E-state index in [1.54, 1.807) is 22.6 Å². The van der Waals surface area contributed by atoms with Crippen LogP contribution in [-0.2, 0) is 14.3 Å². The van der Waals surface area contributed by atoms with Crippen molar-refractivity contribution in [3.05, 3.63) is 0 Å². The molecule has 0 saturated heterocycles. The molecule has 66 valence electrons. The number of halogens is 1. The summed E-state index contributed by atoms with van der Waals surface area (Å²) in [7, 11) is 1.30. The number of carbonyl (C=O) groups excluding carboxylic acids is 1. The number of aliphatic hydroxyl groups excluding tert-OH is 1. The second-order valence-corrected chi connectivity index (χ2v) is 3.10. The number of alkyl halides is 1. The first-order valence-electron chi connectivity index (χ1n) is 2.85. The van der Waals surface area contributed by atoms with Crippen LogP contribution in [-0.4, -0.2) is 35.1 Å². The van der Waals surface area contributed by atoms with Crippen LogP contribution in [0.5, 0.6) is 0 Å². The van der Waals surface area contributed by atoms with Crippen molar-refractivity contribution in [1.82, 2.24) is 0 Å². The van der Waals surface area contributed by atoms with Crippen molar-refractivity contribution in [2.24, 2.45) is 5.73 Å². The van der Waals surface area contributed by atoms with Gasteiger partial charge in [-0.1, -0.05) is 0 Å². The standard InChI is InChI=1S/C5H10INO4/c1-10-5(6,4(7)9)11-3-2-8/h8H,2-3H2,1H3,(H2,7,9). The molecular weight excluding hydrogens is 265 g/mol. The monoisotopic (exact) mass is 275 g/mol. The van der Waals surface area contributed by atoms with Gasteiger partial charge in [-0.15, -0.1) is 0 Å². The van der Waals surface area contributed by atoms with Gasteiger partial charge in [-0.2, -0.15) is 0 Å². The van der Waals surface area contributed by atoms with Crippen LogP contribution in [0.1, 0.15) is 0 Å². The Labute approximate surface area is 78.0 Å². The highest BCUT2D eigenvalue weighted by molar-refractivity contribution is 14.1. The molecule has 3 N–H and O–H groups in total. The maximum Gasteiger partial charge on any atom is 0.302 e. The van der Waals surface area contributed by atoms with Crippen LogP contribution in [0.2, 0.25) is 0 Å². The van der Waals surface area contributed by atoms with Crippen LogP contribution >= 0.6 is 22.6 Å². The minimum atomic E-state index is -1.46. The summed E-state index contributed by atoms with van der Waals surface area (Å²) in [5.41, 5.74) is 4.94. The van der Waals surface area contributed by atoms with Crippen LogP contribution in [0.15, 0.2) is 0 Å². The van der Waals surface area contributed by atoms with Gasteiger partial charge in [0.05, 0.1) is 13.2 Å². The third-order valence-corrected chi connectivity index (χ3v) is 2.22. The largest absolute Gasteiger partial charge is 0.394 e. The molecule has 0 radical (unpaired) electrons. The van der Waals surface area contributed by atoms with Crippen molar-refractivity contribution in [1.29, 1.82) is 0 Å². The van der Waals surface area contributed by atoms with E-state index in [0.29, 0.717) is 0 Å². The SMILES string of the molecule is COC(I)(OCCO)C(N)=O. The fourth-order valence-electron chi connectivity index (χ4n) is 0.408. The third-order valence-electron chi connectivity index (χ3n) is 0.936. The second kappa shape index (κ2) is 4.86. The lowest BCUT2D eigenvalue weighted by atomic mass is 10.6. The van der Waals surface area contributed by atoms with Gasteiger partial charge < -0.3 is 20.3 Å². The predicted molar refractivity (Wildman–Crippen MR) is 46.0 cm³/mol. The first-order valence-corrected chi connectivity index (χ1v) is 3.93. The zero-order chi connectivity index (χ0) is 8.91. The number of ether oxygens (including phenoxy) is 2. The van der Waals surface area contributed by atoms with Crippen LogP contribution in [0.25, 0.3) is 0 Å². The molecule has 0 heterocycles. The van der Waals surface area contributed by atoms with Crippen LogP contribution in [0, 0.1) is 0 Å². The summed E-state index contributed by atoms with van der Waals surface area (Å²) in [5.74, 6) is -0.728. The first kappa shape index (κ1) is 11.1. The molecule has 0 aliphatic rings. The molecule has 0 fully saturated rings. The van der Waals surface area contributed by atoms with Crippen LogP contribution < -0.4 is 5.73 Å². The van der Waals surface area contributed by atoms with E-state index < -0.39 is 9.70 Å².